The Morgan fingerprint density at radius 3 is 2.72 bits per heavy atom. The summed E-state index contributed by atoms with van der Waals surface area (Å²) in [5.41, 5.74) is 2.32. The third-order valence-corrected chi connectivity index (χ3v) is 4.25. The average Bonchev–Trinajstić information content (AvgIpc) is 2.87. The van der Waals surface area contributed by atoms with Gasteiger partial charge in [-0.25, -0.2) is 4.39 Å². The molecule has 2 rings (SSSR count). The monoisotopic (exact) mass is 313 g/mol. The van der Waals surface area contributed by atoms with Gasteiger partial charge in [-0.15, -0.1) is 0 Å². The summed E-state index contributed by atoms with van der Waals surface area (Å²) >= 11 is 3.53. The van der Waals surface area contributed by atoms with Crippen LogP contribution in [0.2, 0.25) is 0 Å². The summed E-state index contributed by atoms with van der Waals surface area (Å²) < 4.78 is 13.3. The minimum atomic E-state index is -0.124. The van der Waals surface area contributed by atoms with E-state index in [0.29, 0.717) is 6.04 Å². The Balaban J connectivity index is 2.09. The van der Waals surface area contributed by atoms with Crippen molar-refractivity contribution in [2.24, 2.45) is 0 Å². The Bertz CT molecular complexity index is 388. The quantitative estimate of drug-likeness (QED) is 0.734. The number of nitrogens with zero attached hydrogens (tertiary/aromatic N) is 1. The van der Waals surface area contributed by atoms with Crippen LogP contribution in [0, 0.1) is 12.7 Å². The Morgan fingerprint density at radius 1 is 1.33 bits per heavy atom. The van der Waals surface area contributed by atoms with Gasteiger partial charge in [0.15, 0.2) is 0 Å². The van der Waals surface area contributed by atoms with E-state index in [1.165, 1.54) is 31.2 Å². The first-order valence-electron chi connectivity index (χ1n) is 6.75. The maximum Gasteiger partial charge on any atom is 0.123 e. The van der Waals surface area contributed by atoms with Crippen LogP contribution in [0.25, 0.3) is 0 Å². The van der Waals surface area contributed by atoms with E-state index in [2.05, 4.69) is 27.8 Å². The third kappa shape index (κ3) is 3.55. The summed E-state index contributed by atoms with van der Waals surface area (Å²) in [4.78, 5) is 2.50. The summed E-state index contributed by atoms with van der Waals surface area (Å²) in [7, 11) is 0. The fourth-order valence-corrected chi connectivity index (χ4v) is 3.25. The number of benzene rings is 1. The van der Waals surface area contributed by atoms with Crippen LogP contribution in [0.4, 0.5) is 4.39 Å². The molecule has 0 atom stereocenters. The lowest BCUT2D eigenvalue weighted by molar-refractivity contribution is 0.202. The van der Waals surface area contributed by atoms with Crippen molar-refractivity contribution in [3.8, 4) is 0 Å². The summed E-state index contributed by atoms with van der Waals surface area (Å²) in [5.74, 6) is -0.124. The molecule has 0 unspecified atom stereocenters. The largest absolute Gasteiger partial charge is 0.295 e. The van der Waals surface area contributed by atoms with Gasteiger partial charge in [-0.1, -0.05) is 34.8 Å². The lowest BCUT2D eigenvalue weighted by Gasteiger charge is -2.28. The topological polar surface area (TPSA) is 3.24 Å². The molecule has 0 radical (unpaired) electrons. The molecule has 1 aromatic carbocycles. The SMILES string of the molecule is Cc1ccc(F)cc1CN(CCBr)C1CCCC1. The van der Waals surface area contributed by atoms with Crippen molar-refractivity contribution in [2.75, 3.05) is 11.9 Å². The highest BCUT2D eigenvalue weighted by molar-refractivity contribution is 9.09. The van der Waals surface area contributed by atoms with Crippen LogP contribution in [-0.4, -0.2) is 22.8 Å². The lowest BCUT2D eigenvalue weighted by Crippen LogP contribution is -2.34. The molecule has 0 amide bonds. The van der Waals surface area contributed by atoms with E-state index in [9.17, 15) is 4.39 Å². The van der Waals surface area contributed by atoms with Crippen molar-refractivity contribution in [2.45, 2.75) is 45.2 Å². The number of hydrogen-bond donors (Lipinski definition) is 0. The van der Waals surface area contributed by atoms with Crippen molar-refractivity contribution in [3.63, 3.8) is 0 Å². The molecule has 0 spiro atoms. The molecule has 0 N–H and O–H groups in total. The van der Waals surface area contributed by atoms with Crippen LogP contribution >= 0.6 is 15.9 Å². The molecule has 1 nitrogen and oxygen atoms in total. The van der Waals surface area contributed by atoms with Gasteiger partial charge in [-0.05, 0) is 43.0 Å². The summed E-state index contributed by atoms with van der Waals surface area (Å²) in [6, 6.07) is 5.80. The van der Waals surface area contributed by atoms with Crippen LogP contribution in [0.5, 0.6) is 0 Å². The highest BCUT2D eigenvalue weighted by Gasteiger charge is 2.22. The molecule has 100 valence electrons. The van der Waals surface area contributed by atoms with Gasteiger partial charge in [0, 0.05) is 24.5 Å². The third-order valence-electron chi connectivity index (χ3n) is 3.90. The predicted molar refractivity (Wildman–Crippen MR) is 77.6 cm³/mol. The zero-order valence-electron chi connectivity index (χ0n) is 11.0. The van der Waals surface area contributed by atoms with Gasteiger partial charge in [0.2, 0.25) is 0 Å². The molecule has 1 saturated carbocycles. The zero-order valence-corrected chi connectivity index (χ0v) is 12.5. The van der Waals surface area contributed by atoms with E-state index in [4.69, 9.17) is 0 Å². The predicted octanol–water partition coefficient (Wildman–Crippen LogP) is 4.27. The highest BCUT2D eigenvalue weighted by atomic mass is 79.9. The Kier molecular flexibility index (Phi) is 5.19. The van der Waals surface area contributed by atoms with Gasteiger partial charge in [-0.2, -0.15) is 0 Å². The standard InChI is InChI=1S/C15H21BrFN/c1-12-6-7-14(17)10-13(12)11-18(9-8-16)15-4-2-3-5-15/h6-7,10,15H,2-5,8-9,11H2,1H3. The van der Waals surface area contributed by atoms with E-state index in [1.807, 2.05) is 6.07 Å². The molecule has 0 aliphatic heterocycles. The molecule has 0 heterocycles. The second kappa shape index (κ2) is 6.67. The van der Waals surface area contributed by atoms with Gasteiger partial charge < -0.3 is 0 Å². The maximum atomic E-state index is 13.3. The molecule has 1 aliphatic carbocycles. The molecule has 0 saturated heterocycles. The Labute approximate surface area is 118 Å². The lowest BCUT2D eigenvalue weighted by atomic mass is 10.1. The van der Waals surface area contributed by atoms with Crippen molar-refractivity contribution in [1.82, 2.24) is 4.90 Å². The van der Waals surface area contributed by atoms with Crippen molar-refractivity contribution in [3.05, 3.63) is 35.1 Å². The minimum absolute atomic E-state index is 0.124. The van der Waals surface area contributed by atoms with Crippen molar-refractivity contribution >= 4 is 15.9 Å². The van der Waals surface area contributed by atoms with E-state index < -0.39 is 0 Å². The van der Waals surface area contributed by atoms with E-state index >= 15 is 0 Å². The Hall–Kier alpha value is -0.410. The number of rotatable bonds is 5. The van der Waals surface area contributed by atoms with Gasteiger partial charge in [-0.3, -0.25) is 4.90 Å². The Morgan fingerprint density at radius 2 is 2.06 bits per heavy atom. The minimum Gasteiger partial charge on any atom is -0.295 e. The number of halogens is 2. The summed E-state index contributed by atoms with van der Waals surface area (Å²) in [5, 5.41) is 0.984. The maximum absolute atomic E-state index is 13.3. The smallest absolute Gasteiger partial charge is 0.123 e. The fourth-order valence-electron chi connectivity index (χ4n) is 2.80. The average molecular weight is 314 g/mol. The van der Waals surface area contributed by atoms with Crippen molar-refractivity contribution < 1.29 is 4.39 Å². The molecular weight excluding hydrogens is 293 g/mol. The molecule has 3 heteroatoms. The number of aryl methyl sites for hydroxylation is 1. The fraction of sp³-hybridized carbons (Fsp3) is 0.600. The highest BCUT2D eigenvalue weighted by Crippen LogP contribution is 2.25. The van der Waals surface area contributed by atoms with Gasteiger partial charge >= 0.3 is 0 Å². The van der Waals surface area contributed by atoms with E-state index in [1.54, 1.807) is 12.1 Å². The molecule has 1 aliphatic rings. The molecule has 1 fully saturated rings. The zero-order chi connectivity index (χ0) is 13.0. The van der Waals surface area contributed by atoms with Crippen molar-refractivity contribution in [1.29, 1.82) is 0 Å². The van der Waals surface area contributed by atoms with Crippen LogP contribution in [0.3, 0.4) is 0 Å². The normalized spacial score (nSPS) is 16.7. The van der Waals surface area contributed by atoms with Gasteiger partial charge in [0.05, 0.1) is 0 Å². The van der Waals surface area contributed by atoms with Gasteiger partial charge in [0.25, 0.3) is 0 Å². The summed E-state index contributed by atoms with van der Waals surface area (Å²) in [6.07, 6.45) is 5.26. The first-order chi connectivity index (χ1) is 8.70. The number of hydrogen-bond acceptors (Lipinski definition) is 1. The first kappa shape index (κ1) is 14.0. The summed E-state index contributed by atoms with van der Waals surface area (Å²) in [6.45, 7) is 3.98. The van der Waals surface area contributed by atoms with E-state index in [-0.39, 0.29) is 5.82 Å². The van der Waals surface area contributed by atoms with Crippen LogP contribution in [0.1, 0.15) is 36.8 Å². The van der Waals surface area contributed by atoms with Crippen LogP contribution < -0.4 is 0 Å². The van der Waals surface area contributed by atoms with E-state index in [0.717, 1.165) is 24.0 Å². The molecule has 18 heavy (non-hydrogen) atoms. The first-order valence-corrected chi connectivity index (χ1v) is 7.88. The van der Waals surface area contributed by atoms with Gasteiger partial charge in [0.1, 0.15) is 5.82 Å². The second-order valence-corrected chi connectivity index (χ2v) is 5.96. The van der Waals surface area contributed by atoms with Crippen LogP contribution in [0.15, 0.2) is 18.2 Å². The molecular formula is C15H21BrFN. The second-order valence-electron chi connectivity index (χ2n) is 5.17. The molecule has 0 bridgehead atoms. The molecule has 0 aromatic heterocycles. The molecule has 1 aromatic rings. The number of alkyl halides is 1. The van der Waals surface area contributed by atoms with Crippen LogP contribution in [-0.2, 0) is 6.54 Å².